The second kappa shape index (κ2) is 7.62. The van der Waals surface area contributed by atoms with E-state index in [1.165, 1.54) is 0 Å². The lowest BCUT2D eigenvalue weighted by Crippen LogP contribution is -2.60. The van der Waals surface area contributed by atoms with Gasteiger partial charge in [0.15, 0.2) is 0 Å². The molecule has 0 heterocycles. The first-order chi connectivity index (χ1) is 10.3. The van der Waals surface area contributed by atoms with Crippen molar-refractivity contribution >= 4 is 22.5 Å². The fourth-order valence-corrected chi connectivity index (χ4v) is 5.24. The zero-order valence-corrected chi connectivity index (χ0v) is 20.6. The summed E-state index contributed by atoms with van der Waals surface area (Å²) in [7, 11) is -1.73. The van der Waals surface area contributed by atoms with Gasteiger partial charge in [0, 0.05) is 0 Å². The van der Waals surface area contributed by atoms with Crippen molar-refractivity contribution in [3.05, 3.63) is 0 Å². The lowest BCUT2D eigenvalue weighted by molar-refractivity contribution is -0.140. The number of hydrogen-bond acceptors (Lipinski definition) is 3. The first-order valence-electron chi connectivity index (χ1n) is 9.30. The van der Waals surface area contributed by atoms with Crippen LogP contribution in [0, 0.1) is 5.92 Å². The van der Waals surface area contributed by atoms with Gasteiger partial charge < -0.3 is 8.99 Å². The summed E-state index contributed by atoms with van der Waals surface area (Å²) in [6.07, 6.45) is 0.858. The summed E-state index contributed by atoms with van der Waals surface area (Å²) in [6.45, 7) is 26.8. The van der Waals surface area contributed by atoms with Crippen LogP contribution in [0.25, 0.3) is 0 Å². The Bertz CT molecular complexity index is 432. The Morgan fingerprint density at radius 3 is 1.67 bits per heavy atom. The number of rotatable bonds is 6. The molecule has 0 aromatic carbocycles. The zero-order chi connectivity index (χ0) is 19.7. The molecule has 0 saturated heterocycles. The highest BCUT2D eigenvalue weighted by atomic mass is 28.4. The summed E-state index contributed by atoms with van der Waals surface area (Å²) in [6, 6.07) is -0.139. The van der Waals surface area contributed by atoms with E-state index in [4.69, 9.17) is 4.43 Å². The molecule has 0 radical (unpaired) electrons. The van der Waals surface area contributed by atoms with E-state index < -0.39 is 16.6 Å². The molecule has 0 aliphatic carbocycles. The van der Waals surface area contributed by atoms with E-state index in [0.717, 1.165) is 6.42 Å². The van der Waals surface area contributed by atoms with Crippen LogP contribution in [0.15, 0.2) is 0 Å². The number of likely N-dealkylation sites (N-methyl/N-ethyl adjacent to an activating group) is 1. The van der Waals surface area contributed by atoms with Crippen molar-refractivity contribution in [2.45, 2.75) is 104 Å². The normalized spacial score (nSPS) is 15.8. The van der Waals surface area contributed by atoms with Gasteiger partial charge in [0.25, 0.3) is 8.32 Å². The molecule has 144 valence electrons. The maximum absolute atomic E-state index is 13.1. The van der Waals surface area contributed by atoms with Crippen molar-refractivity contribution in [3.8, 4) is 0 Å². The maximum Gasteiger partial charge on any atom is 0.309 e. The average Bonchev–Trinajstić information content (AvgIpc) is 2.31. The quantitative estimate of drug-likeness (QED) is 0.544. The summed E-state index contributed by atoms with van der Waals surface area (Å²) >= 11 is 0. The Morgan fingerprint density at radius 1 is 0.958 bits per heavy atom. The van der Waals surface area contributed by atoms with Gasteiger partial charge in [-0.2, -0.15) is 0 Å². The minimum atomic E-state index is -2.09. The second-order valence-electron chi connectivity index (χ2n) is 10.7. The number of nitrogens with zero attached hydrogens (tertiary/aromatic N) is 1. The minimum Gasteiger partial charge on any atom is -0.518 e. The minimum absolute atomic E-state index is 0.0115. The van der Waals surface area contributed by atoms with Gasteiger partial charge >= 0.3 is 5.97 Å². The molecule has 0 aliphatic heterocycles. The van der Waals surface area contributed by atoms with E-state index >= 15 is 0 Å². The van der Waals surface area contributed by atoms with Crippen molar-refractivity contribution in [2.75, 3.05) is 7.05 Å². The standard InChI is InChI=1S/C19H43NO2Si2/c1-15(2)14-16(20(9)23(10,11)18(3,4)5)17(21)22-24(12,13)19(6,7)8/h15-16H,14H2,1-13H3/t16-/m0/s1. The Kier molecular flexibility index (Phi) is 7.58. The summed E-state index contributed by atoms with van der Waals surface area (Å²) < 4.78 is 8.55. The van der Waals surface area contributed by atoms with Crippen LogP contribution in [0.5, 0.6) is 0 Å². The molecule has 0 aromatic rings. The third-order valence-electron chi connectivity index (χ3n) is 6.31. The highest BCUT2D eigenvalue weighted by Crippen LogP contribution is 2.40. The van der Waals surface area contributed by atoms with Crippen LogP contribution in [0.3, 0.4) is 0 Å². The van der Waals surface area contributed by atoms with Gasteiger partial charge in [0.2, 0.25) is 0 Å². The fraction of sp³-hybridized carbons (Fsp3) is 0.947. The summed E-state index contributed by atoms with van der Waals surface area (Å²) in [5.41, 5.74) is 0. The van der Waals surface area contributed by atoms with E-state index in [0.29, 0.717) is 5.92 Å². The Hall–Kier alpha value is -0.136. The Balaban J connectivity index is 5.61. The van der Waals surface area contributed by atoms with Crippen molar-refractivity contribution in [1.29, 1.82) is 0 Å². The largest absolute Gasteiger partial charge is 0.518 e. The molecule has 0 amide bonds. The lowest BCUT2D eigenvalue weighted by atomic mass is 10.0. The predicted molar refractivity (Wildman–Crippen MR) is 111 cm³/mol. The van der Waals surface area contributed by atoms with Crippen molar-refractivity contribution in [3.63, 3.8) is 0 Å². The van der Waals surface area contributed by atoms with Crippen LogP contribution < -0.4 is 0 Å². The van der Waals surface area contributed by atoms with Gasteiger partial charge in [-0.3, -0.25) is 4.79 Å². The molecule has 5 heteroatoms. The molecule has 3 nitrogen and oxygen atoms in total. The Morgan fingerprint density at radius 2 is 1.38 bits per heavy atom. The van der Waals surface area contributed by atoms with Crippen LogP contribution in [-0.2, 0) is 9.22 Å². The third kappa shape index (κ3) is 5.70. The molecular weight excluding hydrogens is 330 g/mol. The predicted octanol–water partition coefficient (Wildman–Crippen LogP) is 5.89. The van der Waals surface area contributed by atoms with Crippen LogP contribution >= 0.6 is 0 Å². The highest BCUT2D eigenvalue weighted by Gasteiger charge is 2.47. The fourth-order valence-electron chi connectivity index (χ4n) is 2.25. The monoisotopic (exact) mass is 373 g/mol. The van der Waals surface area contributed by atoms with Gasteiger partial charge in [-0.15, -0.1) is 0 Å². The molecule has 0 N–H and O–H groups in total. The van der Waals surface area contributed by atoms with E-state index in [1.54, 1.807) is 0 Å². The lowest BCUT2D eigenvalue weighted by Gasteiger charge is -2.48. The molecule has 24 heavy (non-hydrogen) atoms. The van der Waals surface area contributed by atoms with E-state index in [-0.39, 0.29) is 22.1 Å². The average molecular weight is 374 g/mol. The highest BCUT2D eigenvalue weighted by molar-refractivity contribution is 6.78. The van der Waals surface area contributed by atoms with Gasteiger partial charge in [-0.25, -0.2) is 0 Å². The topological polar surface area (TPSA) is 29.5 Å². The van der Waals surface area contributed by atoms with Crippen LogP contribution in [-0.4, -0.2) is 40.2 Å². The number of hydrogen-bond donors (Lipinski definition) is 0. The van der Waals surface area contributed by atoms with E-state index in [1.807, 2.05) is 0 Å². The second-order valence-corrected chi connectivity index (χ2v) is 20.8. The maximum atomic E-state index is 13.1. The molecule has 0 aromatic heterocycles. The van der Waals surface area contributed by atoms with Crippen LogP contribution in [0.1, 0.15) is 61.8 Å². The van der Waals surface area contributed by atoms with Gasteiger partial charge in [-0.1, -0.05) is 68.5 Å². The van der Waals surface area contributed by atoms with Crippen molar-refractivity contribution in [2.24, 2.45) is 5.92 Å². The molecule has 0 saturated carbocycles. The summed E-state index contributed by atoms with van der Waals surface area (Å²) in [4.78, 5) is 13.1. The van der Waals surface area contributed by atoms with E-state index in [9.17, 15) is 4.79 Å². The Labute approximate surface area is 153 Å². The first kappa shape index (κ1) is 23.9. The van der Waals surface area contributed by atoms with Crippen LogP contribution in [0.2, 0.25) is 36.3 Å². The van der Waals surface area contributed by atoms with Crippen molar-refractivity contribution in [1.82, 2.24) is 4.57 Å². The van der Waals surface area contributed by atoms with Gasteiger partial charge in [0.1, 0.15) is 14.3 Å². The first-order valence-corrected chi connectivity index (χ1v) is 15.2. The molecule has 1 atom stereocenters. The van der Waals surface area contributed by atoms with Gasteiger partial charge in [0.05, 0.1) is 0 Å². The summed E-state index contributed by atoms with van der Waals surface area (Å²) in [5.74, 6) is 0.455. The summed E-state index contributed by atoms with van der Waals surface area (Å²) in [5, 5.41) is 0.245. The molecule has 0 rings (SSSR count). The van der Waals surface area contributed by atoms with Crippen molar-refractivity contribution < 1.29 is 9.22 Å². The zero-order valence-electron chi connectivity index (χ0n) is 18.6. The number of carbonyl (C=O) groups excluding carboxylic acids is 1. The molecule has 0 bridgehead atoms. The number of carbonyl (C=O) groups is 1. The SMILES string of the molecule is CC(C)C[C@@H](C(=O)O[Si](C)(C)C(C)(C)C)N(C)[Si](C)(C)C(C)(C)C. The van der Waals surface area contributed by atoms with E-state index in [2.05, 4.69) is 93.2 Å². The third-order valence-corrected chi connectivity index (χ3v) is 16.4. The molecule has 0 unspecified atom stereocenters. The molecule has 0 fully saturated rings. The molecule has 0 aliphatic rings. The smallest absolute Gasteiger partial charge is 0.309 e. The van der Waals surface area contributed by atoms with Gasteiger partial charge in [-0.05, 0) is 42.6 Å². The molecule has 0 spiro atoms. The molecular formula is C19H43NO2Si2. The van der Waals surface area contributed by atoms with Crippen LogP contribution in [0.4, 0.5) is 0 Å².